The Morgan fingerprint density at radius 1 is 1.17 bits per heavy atom. The standard InChI is InChI=1S/C18H25N5.ClH/c1-13-16-17(19-11-7-8-12-22(2)3)14-9-5-6-10-15(14)20-18(16)23(4)21-13;/h5-6,9-10H,7-8,11-12H2,1-4H3,(H,19,20);1H. The molecule has 0 saturated heterocycles. The predicted octanol–water partition coefficient (Wildman–Crippen LogP) is 3.61. The summed E-state index contributed by atoms with van der Waals surface area (Å²) >= 11 is 0. The summed E-state index contributed by atoms with van der Waals surface area (Å²) in [5, 5.41) is 10.5. The Kier molecular flexibility index (Phi) is 6.02. The van der Waals surface area contributed by atoms with E-state index in [2.05, 4.69) is 54.5 Å². The number of para-hydroxylation sites is 1. The van der Waals surface area contributed by atoms with Crippen molar-refractivity contribution in [1.82, 2.24) is 19.7 Å². The van der Waals surface area contributed by atoms with E-state index < -0.39 is 0 Å². The van der Waals surface area contributed by atoms with Crippen LogP contribution >= 0.6 is 12.4 Å². The lowest BCUT2D eigenvalue weighted by molar-refractivity contribution is 0.396. The number of halogens is 1. The highest BCUT2D eigenvalue weighted by Crippen LogP contribution is 2.32. The largest absolute Gasteiger partial charge is 0.384 e. The number of unbranched alkanes of at least 4 members (excludes halogenated alkanes) is 1. The van der Waals surface area contributed by atoms with E-state index in [9.17, 15) is 0 Å². The normalized spacial score (nSPS) is 11.2. The lowest BCUT2D eigenvalue weighted by Gasteiger charge is -2.13. The molecular formula is C18H26ClN5. The molecule has 24 heavy (non-hydrogen) atoms. The van der Waals surface area contributed by atoms with Crippen LogP contribution in [0.2, 0.25) is 0 Å². The van der Waals surface area contributed by atoms with Crippen LogP contribution in [0.5, 0.6) is 0 Å². The van der Waals surface area contributed by atoms with Crippen LogP contribution in [-0.2, 0) is 7.05 Å². The van der Waals surface area contributed by atoms with Gasteiger partial charge in [0.1, 0.15) is 0 Å². The Morgan fingerprint density at radius 3 is 2.67 bits per heavy atom. The molecule has 1 N–H and O–H groups in total. The van der Waals surface area contributed by atoms with Crippen LogP contribution in [0, 0.1) is 6.92 Å². The average Bonchev–Trinajstić information content (AvgIpc) is 2.80. The van der Waals surface area contributed by atoms with E-state index in [-0.39, 0.29) is 12.4 Å². The number of hydrogen-bond donors (Lipinski definition) is 1. The molecule has 0 aliphatic carbocycles. The molecule has 3 aromatic rings. The summed E-state index contributed by atoms with van der Waals surface area (Å²) in [5.74, 6) is 0. The minimum atomic E-state index is 0. The smallest absolute Gasteiger partial charge is 0.160 e. The minimum absolute atomic E-state index is 0. The number of nitrogens with zero attached hydrogens (tertiary/aromatic N) is 4. The van der Waals surface area contributed by atoms with Gasteiger partial charge in [0.25, 0.3) is 0 Å². The molecule has 0 unspecified atom stereocenters. The molecular weight excluding hydrogens is 322 g/mol. The third-order valence-corrected chi connectivity index (χ3v) is 4.18. The molecule has 5 nitrogen and oxygen atoms in total. The van der Waals surface area contributed by atoms with Gasteiger partial charge in [-0.25, -0.2) is 4.98 Å². The third kappa shape index (κ3) is 3.62. The molecule has 6 heteroatoms. The zero-order valence-electron chi connectivity index (χ0n) is 14.8. The highest BCUT2D eigenvalue weighted by Gasteiger charge is 2.14. The number of fused-ring (bicyclic) bond motifs is 2. The Balaban J connectivity index is 0.00000208. The average molecular weight is 348 g/mol. The van der Waals surface area contributed by atoms with Gasteiger partial charge in [-0.05, 0) is 46.5 Å². The quantitative estimate of drug-likeness (QED) is 0.692. The number of aryl methyl sites for hydroxylation is 2. The molecule has 0 atom stereocenters. The Bertz CT molecular complexity index is 825. The predicted molar refractivity (Wildman–Crippen MR) is 104 cm³/mol. The second-order valence-electron chi connectivity index (χ2n) is 6.35. The molecule has 0 bridgehead atoms. The number of hydrogen-bond acceptors (Lipinski definition) is 4. The van der Waals surface area contributed by atoms with Crippen molar-refractivity contribution in [2.45, 2.75) is 19.8 Å². The van der Waals surface area contributed by atoms with Gasteiger partial charge in [0.05, 0.1) is 22.3 Å². The summed E-state index contributed by atoms with van der Waals surface area (Å²) in [7, 11) is 6.19. The molecule has 2 aromatic heterocycles. The summed E-state index contributed by atoms with van der Waals surface area (Å²) < 4.78 is 1.87. The van der Waals surface area contributed by atoms with Crippen molar-refractivity contribution in [2.24, 2.45) is 7.05 Å². The Hall–Kier alpha value is -1.85. The first-order valence-corrected chi connectivity index (χ1v) is 8.18. The van der Waals surface area contributed by atoms with E-state index in [0.717, 1.165) is 41.8 Å². The Labute approximate surface area is 149 Å². The van der Waals surface area contributed by atoms with Crippen LogP contribution in [0.15, 0.2) is 24.3 Å². The van der Waals surface area contributed by atoms with Crippen LogP contribution in [0.1, 0.15) is 18.5 Å². The van der Waals surface area contributed by atoms with E-state index in [1.54, 1.807) is 0 Å². The molecule has 0 spiro atoms. The van der Waals surface area contributed by atoms with Gasteiger partial charge in [-0.15, -0.1) is 12.4 Å². The molecule has 2 heterocycles. The number of pyridine rings is 1. The van der Waals surface area contributed by atoms with E-state index in [1.165, 1.54) is 17.5 Å². The zero-order valence-corrected chi connectivity index (χ0v) is 15.7. The zero-order chi connectivity index (χ0) is 16.4. The van der Waals surface area contributed by atoms with Crippen molar-refractivity contribution in [3.8, 4) is 0 Å². The molecule has 130 valence electrons. The van der Waals surface area contributed by atoms with Crippen molar-refractivity contribution < 1.29 is 0 Å². The second kappa shape index (κ2) is 7.81. The van der Waals surface area contributed by atoms with Gasteiger partial charge in [-0.3, -0.25) is 4.68 Å². The molecule has 3 rings (SSSR count). The topological polar surface area (TPSA) is 46.0 Å². The van der Waals surface area contributed by atoms with Crippen molar-refractivity contribution in [3.63, 3.8) is 0 Å². The fourth-order valence-electron chi connectivity index (χ4n) is 3.05. The molecule has 0 amide bonds. The number of anilines is 1. The number of benzene rings is 1. The van der Waals surface area contributed by atoms with Gasteiger partial charge in [0, 0.05) is 19.0 Å². The third-order valence-electron chi connectivity index (χ3n) is 4.18. The first-order chi connectivity index (χ1) is 11.1. The number of aromatic nitrogens is 3. The lowest BCUT2D eigenvalue weighted by Crippen LogP contribution is -2.14. The van der Waals surface area contributed by atoms with Crippen molar-refractivity contribution in [3.05, 3.63) is 30.0 Å². The van der Waals surface area contributed by atoms with Crippen LogP contribution in [0.25, 0.3) is 21.9 Å². The van der Waals surface area contributed by atoms with Crippen LogP contribution in [0.3, 0.4) is 0 Å². The maximum atomic E-state index is 4.78. The van der Waals surface area contributed by atoms with Crippen LogP contribution in [0.4, 0.5) is 5.69 Å². The fourth-order valence-corrected chi connectivity index (χ4v) is 3.05. The van der Waals surface area contributed by atoms with E-state index in [0.29, 0.717) is 0 Å². The maximum Gasteiger partial charge on any atom is 0.160 e. The first kappa shape index (κ1) is 18.5. The maximum absolute atomic E-state index is 4.78. The van der Waals surface area contributed by atoms with E-state index in [4.69, 9.17) is 4.98 Å². The fraction of sp³-hybridized carbons (Fsp3) is 0.444. The highest BCUT2D eigenvalue weighted by molar-refractivity contribution is 6.07. The van der Waals surface area contributed by atoms with Gasteiger partial charge in [-0.1, -0.05) is 18.2 Å². The summed E-state index contributed by atoms with van der Waals surface area (Å²) in [6, 6.07) is 8.30. The van der Waals surface area contributed by atoms with Gasteiger partial charge < -0.3 is 10.2 Å². The summed E-state index contributed by atoms with van der Waals surface area (Å²) in [6.07, 6.45) is 2.34. The van der Waals surface area contributed by atoms with Gasteiger partial charge in [0.15, 0.2) is 5.65 Å². The van der Waals surface area contributed by atoms with Crippen LogP contribution < -0.4 is 5.32 Å². The number of rotatable bonds is 6. The van der Waals surface area contributed by atoms with E-state index in [1.807, 2.05) is 17.8 Å². The van der Waals surface area contributed by atoms with Gasteiger partial charge in [0.2, 0.25) is 0 Å². The SMILES string of the molecule is Cc1nn(C)c2nc3ccccc3c(NCCCCN(C)C)c12.Cl. The molecule has 0 aliphatic rings. The molecule has 0 saturated carbocycles. The summed E-state index contributed by atoms with van der Waals surface area (Å²) in [5.41, 5.74) is 4.15. The lowest BCUT2D eigenvalue weighted by atomic mass is 10.1. The molecule has 0 aliphatic heterocycles. The first-order valence-electron chi connectivity index (χ1n) is 8.18. The number of nitrogens with one attached hydrogen (secondary N) is 1. The summed E-state index contributed by atoms with van der Waals surface area (Å²) in [6.45, 7) is 4.14. The van der Waals surface area contributed by atoms with Crippen molar-refractivity contribution in [2.75, 3.05) is 32.5 Å². The van der Waals surface area contributed by atoms with Crippen molar-refractivity contribution >= 4 is 40.0 Å². The van der Waals surface area contributed by atoms with E-state index >= 15 is 0 Å². The van der Waals surface area contributed by atoms with Gasteiger partial charge in [-0.2, -0.15) is 5.10 Å². The Morgan fingerprint density at radius 2 is 1.92 bits per heavy atom. The molecule has 0 fully saturated rings. The highest BCUT2D eigenvalue weighted by atomic mass is 35.5. The monoisotopic (exact) mass is 347 g/mol. The second-order valence-corrected chi connectivity index (χ2v) is 6.35. The molecule has 0 radical (unpaired) electrons. The van der Waals surface area contributed by atoms with Gasteiger partial charge >= 0.3 is 0 Å². The van der Waals surface area contributed by atoms with Crippen LogP contribution in [-0.4, -0.2) is 46.8 Å². The molecule has 1 aromatic carbocycles. The summed E-state index contributed by atoms with van der Waals surface area (Å²) in [4.78, 5) is 7.01. The van der Waals surface area contributed by atoms with Crippen molar-refractivity contribution in [1.29, 1.82) is 0 Å². The minimum Gasteiger partial charge on any atom is -0.384 e.